The first-order valence-electron chi connectivity index (χ1n) is 5.31. The van der Waals surface area contributed by atoms with Crippen molar-refractivity contribution >= 4 is 23.4 Å². The highest BCUT2D eigenvalue weighted by molar-refractivity contribution is 8.01. The summed E-state index contributed by atoms with van der Waals surface area (Å²) < 4.78 is -0.384. The number of anilines is 1. The Labute approximate surface area is 100.0 Å². The van der Waals surface area contributed by atoms with E-state index in [-0.39, 0.29) is 10.7 Å². The molecule has 0 aromatic heterocycles. The molecular formula is C12H16N2OS. The maximum atomic E-state index is 11.7. The van der Waals surface area contributed by atoms with Gasteiger partial charge in [0.15, 0.2) is 0 Å². The van der Waals surface area contributed by atoms with Gasteiger partial charge < -0.3 is 10.6 Å². The van der Waals surface area contributed by atoms with Crippen molar-refractivity contribution in [2.45, 2.75) is 30.0 Å². The monoisotopic (exact) mass is 236 g/mol. The predicted molar refractivity (Wildman–Crippen MR) is 67.8 cm³/mol. The Balaban J connectivity index is 2.34. The van der Waals surface area contributed by atoms with Crippen molar-refractivity contribution in [2.24, 2.45) is 0 Å². The quantitative estimate of drug-likeness (QED) is 0.827. The largest absolute Gasteiger partial charge is 0.324 e. The Bertz CT molecular complexity index is 429. The number of thioether (sulfide) groups is 1. The van der Waals surface area contributed by atoms with Crippen LogP contribution in [0.2, 0.25) is 0 Å². The molecule has 0 spiro atoms. The Morgan fingerprint density at radius 2 is 2.19 bits per heavy atom. The average molecular weight is 236 g/mol. The zero-order valence-corrected chi connectivity index (χ0v) is 10.6. The number of hydrogen-bond donors (Lipinski definition) is 2. The molecule has 4 heteroatoms. The summed E-state index contributed by atoms with van der Waals surface area (Å²) in [5.41, 5.74) is 2.16. The lowest BCUT2D eigenvalue weighted by molar-refractivity contribution is -0.117. The third kappa shape index (κ3) is 2.08. The van der Waals surface area contributed by atoms with E-state index >= 15 is 0 Å². The second-order valence-electron chi connectivity index (χ2n) is 4.43. The molecule has 1 aromatic rings. The number of nitrogens with one attached hydrogen (secondary N) is 2. The van der Waals surface area contributed by atoms with Crippen molar-refractivity contribution in [3.8, 4) is 0 Å². The van der Waals surface area contributed by atoms with Crippen LogP contribution < -0.4 is 10.6 Å². The summed E-state index contributed by atoms with van der Waals surface area (Å²) in [6, 6.07) is 6.15. The Morgan fingerprint density at radius 3 is 2.88 bits per heavy atom. The van der Waals surface area contributed by atoms with E-state index in [1.54, 1.807) is 11.8 Å². The van der Waals surface area contributed by atoms with Gasteiger partial charge in [0.2, 0.25) is 5.91 Å². The smallest absolute Gasteiger partial charge is 0.240 e. The summed E-state index contributed by atoms with van der Waals surface area (Å²) in [5, 5.41) is 6.06. The number of carbonyl (C=O) groups excluding carboxylic acids is 1. The maximum absolute atomic E-state index is 11.7. The third-order valence-corrected chi connectivity index (χ3v) is 3.84. The summed E-state index contributed by atoms with van der Waals surface area (Å²) in [7, 11) is 1.93. The summed E-state index contributed by atoms with van der Waals surface area (Å²) in [6.07, 6.45) is 0. The van der Waals surface area contributed by atoms with Crippen LogP contribution in [0.4, 0.5) is 5.69 Å². The van der Waals surface area contributed by atoms with Gasteiger partial charge in [0.25, 0.3) is 0 Å². The number of carbonyl (C=O) groups is 1. The number of fused-ring (bicyclic) bond motifs is 1. The normalized spacial score (nSPS) is 17.8. The molecule has 0 fully saturated rings. The van der Waals surface area contributed by atoms with Gasteiger partial charge in [-0.15, -0.1) is 11.8 Å². The van der Waals surface area contributed by atoms with Gasteiger partial charge in [-0.3, -0.25) is 4.79 Å². The molecule has 16 heavy (non-hydrogen) atoms. The molecule has 0 unspecified atom stereocenters. The highest BCUT2D eigenvalue weighted by atomic mass is 32.2. The van der Waals surface area contributed by atoms with Crippen LogP contribution >= 0.6 is 11.8 Å². The van der Waals surface area contributed by atoms with Crippen LogP contribution in [0.3, 0.4) is 0 Å². The molecule has 1 aromatic carbocycles. The highest BCUT2D eigenvalue weighted by Crippen LogP contribution is 2.42. The number of hydrogen-bond acceptors (Lipinski definition) is 3. The molecule has 0 radical (unpaired) electrons. The van der Waals surface area contributed by atoms with Crippen molar-refractivity contribution in [3.63, 3.8) is 0 Å². The molecule has 1 aliphatic heterocycles. The van der Waals surface area contributed by atoms with Crippen molar-refractivity contribution in [1.29, 1.82) is 0 Å². The molecular weight excluding hydrogens is 220 g/mol. The van der Waals surface area contributed by atoms with Crippen molar-refractivity contribution < 1.29 is 4.79 Å². The van der Waals surface area contributed by atoms with Crippen LogP contribution in [0.25, 0.3) is 0 Å². The molecule has 0 aliphatic carbocycles. The second kappa shape index (κ2) is 4.11. The minimum absolute atomic E-state index is 0.0753. The van der Waals surface area contributed by atoms with E-state index in [0.717, 1.165) is 17.1 Å². The van der Waals surface area contributed by atoms with Crippen LogP contribution in [-0.2, 0) is 11.3 Å². The topological polar surface area (TPSA) is 41.1 Å². The molecule has 86 valence electrons. The predicted octanol–water partition coefficient (Wildman–Crippen LogP) is 2.23. The minimum Gasteiger partial charge on any atom is -0.324 e. The van der Waals surface area contributed by atoms with Crippen LogP contribution in [-0.4, -0.2) is 17.7 Å². The second-order valence-corrected chi connectivity index (χ2v) is 6.09. The Kier molecular flexibility index (Phi) is 2.95. The molecule has 2 rings (SSSR count). The Hall–Kier alpha value is -1.00. The van der Waals surface area contributed by atoms with Crippen molar-refractivity contribution in [1.82, 2.24) is 5.32 Å². The van der Waals surface area contributed by atoms with Gasteiger partial charge in [0.1, 0.15) is 0 Å². The number of amides is 1. The SMILES string of the molecule is CNCc1ccc2c(c1)SC(C)(C)C(=O)N2. The maximum Gasteiger partial charge on any atom is 0.240 e. The first kappa shape index (κ1) is 11.5. The lowest BCUT2D eigenvalue weighted by atomic mass is 10.1. The summed E-state index contributed by atoms with van der Waals surface area (Å²) >= 11 is 1.62. The van der Waals surface area contributed by atoms with Gasteiger partial charge in [0, 0.05) is 11.4 Å². The zero-order chi connectivity index (χ0) is 11.8. The average Bonchev–Trinajstić information content (AvgIpc) is 2.20. The first-order chi connectivity index (χ1) is 7.53. The zero-order valence-electron chi connectivity index (χ0n) is 9.76. The third-order valence-electron chi connectivity index (χ3n) is 2.59. The van der Waals surface area contributed by atoms with Gasteiger partial charge in [-0.05, 0) is 38.6 Å². The molecule has 1 heterocycles. The summed E-state index contributed by atoms with van der Waals surface area (Å²) in [5.74, 6) is 0.0753. The van der Waals surface area contributed by atoms with Gasteiger partial charge >= 0.3 is 0 Å². The fraction of sp³-hybridized carbons (Fsp3) is 0.417. The van der Waals surface area contributed by atoms with Crippen molar-refractivity contribution in [3.05, 3.63) is 23.8 Å². The van der Waals surface area contributed by atoms with Gasteiger partial charge in [0.05, 0.1) is 10.4 Å². The minimum atomic E-state index is -0.384. The van der Waals surface area contributed by atoms with Crippen LogP contribution in [0, 0.1) is 0 Å². The fourth-order valence-electron chi connectivity index (χ4n) is 1.66. The number of benzene rings is 1. The van der Waals surface area contributed by atoms with E-state index in [2.05, 4.69) is 16.7 Å². The van der Waals surface area contributed by atoms with Crippen LogP contribution in [0.1, 0.15) is 19.4 Å². The van der Waals surface area contributed by atoms with E-state index in [0.29, 0.717) is 0 Å². The van der Waals surface area contributed by atoms with Gasteiger partial charge in [-0.1, -0.05) is 6.07 Å². The van der Waals surface area contributed by atoms with E-state index < -0.39 is 0 Å². The van der Waals surface area contributed by atoms with Crippen molar-refractivity contribution in [2.75, 3.05) is 12.4 Å². The van der Waals surface area contributed by atoms with Gasteiger partial charge in [-0.2, -0.15) is 0 Å². The van der Waals surface area contributed by atoms with Crippen LogP contribution in [0.15, 0.2) is 23.1 Å². The van der Waals surface area contributed by atoms with Crippen LogP contribution in [0.5, 0.6) is 0 Å². The van der Waals surface area contributed by atoms with E-state index in [9.17, 15) is 4.79 Å². The molecule has 1 amide bonds. The molecule has 1 aliphatic rings. The standard InChI is InChI=1S/C12H16N2OS/c1-12(2)11(15)14-9-5-4-8(7-13-3)6-10(9)16-12/h4-6,13H,7H2,1-3H3,(H,14,15). The Morgan fingerprint density at radius 1 is 1.44 bits per heavy atom. The molecule has 0 bridgehead atoms. The molecule has 2 N–H and O–H groups in total. The summed E-state index contributed by atoms with van der Waals surface area (Å²) in [4.78, 5) is 12.9. The molecule has 0 atom stereocenters. The fourth-order valence-corrected chi connectivity index (χ4v) is 2.80. The molecule has 0 saturated carbocycles. The van der Waals surface area contributed by atoms with Gasteiger partial charge in [-0.25, -0.2) is 0 Å². The number of rotatable bonds is 2. The lowest BCUT2D eigenvalue weighted by Gasteiger charge is -2.30. The van der Waals surface area contributed by atoms with E-state index in [1.165, 1.54) is 5.56 Å². The lowest BCUT2D eigenvalue weighted by Crippen LogP contribution is -2.37. The van der Waals surface area contributed by atoms with E-state index in [4.69, 9.17) is 0 Å². The highest BCUT2D eigenvalue weighted by Gasteiger charge is 2.34. The van der Waals surface area contributed by atoms with E-state index in [1.807, 2.05) is 33.0 Å². The molecule has 3 nitrogen and oxygen atoms in total. The first-order valence-corrected chi connectivity index (χ1v) is 6.12. The summed E-state index contributed by atoms with van der Waals surface area (Å²) in [6.45, 7) is 4.74. The molecule has 0 saturated heterocycles.